The highest BCUT2D eigenvalue weighted by atomic mass is 16.3. The van der Waals surface area contributed by atoms with E-state index in [9.17, 15) is 4.79 Å². The molecular formula is C14H14O2. The quantitative estimate of drug-likeness (QED) is 0.726. The van der Waals surface area contributed by atoms with Crippen molar-refractivity contribution in [2.75, 3.05) is 0 Å². The van der Waals surface area contributed by atoms with Crippen molar-refractivity contribution < 1.29 is 9.21 Å². The van der Waals surface area contributed by atoms with E-state index in [0.717, 1.165) is 11.3 Å². The molecule has 2 aromatic rings. The Labute approximate surface area is 94.9 Å². The third kappa shape index (κ3) is 2.06. The zero-order chi connectivity index (χ0) is 11.5. The van der Waals surface area contributed by atoms with E-state index in [0.29, 0.717) is 12.2 Å². The van der Waals surface area contributed by atoms with Gasteiger partial charge in [0.25, 0.3) is 0 Å². The van der Waals surface area contributed by atoms with Crippen LogP contribution in [-0.4, -0.2) is 5.78 Å². The molecule has 0 spiro atoms. The molecule has 0 aliphatic rings. The number of carbonyl (C=O) groups excluding carboxylic acids is 1. The van der Waals surface area contributed by atoms with Gasteiger partial charge < -0.3 is 4.42 Å². The minimum atomic E-state index is 0.0401. The summed E-state index contributed by atoms with van der Waals surface area (Å²) >= 11 is 0. The molecule has 0 saturated carbocycles. The molecule has 2 nitrogen and oxygen atoms in total. The summed E-state index contributed by atoms with van der Waals surface area (Å²) in [4.78, 5) is 11.4. The van der Waals surface area contributed by atoms with Gasteiger partial charge in [0.15, 0.2) is 11.5 Å². The Bertz CT molecular complexity index is 492. The topological polar surface area (TPSA) is 30.2 Å². The highest BCUT2D eigenvalue weighted by molar-refractivity contribution is 5.93. The monoisotopic (exact) mass is 214 g/mol. The molecule has 0 atom stereocenters. The number of rotatable bonds is 3. The van der Waals surface area contributed by atoms with Gasteiger partial charge in [0.1, 0.15) is 5.76 Å². The lowest BCUT2D eigenvalue weighted by Gasteiger charge is -1.97. The van der Waals surface area contributed by atoms with Gasteiger partial charge in [-0.25, -0.2) is 0 Å². The van der Waals surface area contributed by atoms with Gasteiger partial charge in [-0.3, -0.25) is 4.79 Å². The normalized spacial score (nSPS) is 10.4. The highest BCUT2D eigenvalue weighted by Gasteiger charge is 2.09. The van der Waals surface area contributed by atoms with Gasteiger partial charge in [0.2, 0.25) is 0 Å². The summed E-state index contributed by atoms with van der Waals surface area (Å²) in [5, 5.41) is 0. The minimum absolute atomic E-state index is 0.0401. The van der Waals surface area contributed by atoms with Crippen LogP contribution in [-0.2, 0) is 0 Å². The number of aryl methyl sites for hydroxylation is 1. The molecule has 0 N–H and O–H groups in total. The third-order valence-corrected chi connectivity index (χ3v) is 2.54. The van der Waals surface area contributed by atoms with Crippen LogP contribution in [0.4, 0.5) is 0 Å². The molecule has 1 heterocycles. The molecular weight excluding hydrogens is 200 g/mol. The first kappa shape index (κ1) is 10.7. The van der Waals surface area contributed by atoms with Crippen LogP contribution in [0.3, 0.4) is 0 Å². The molecule has 2 rings (SSSR count). The fourth-order valence-corrected chi connectivity index (χ4v) is 1.53. The lowest BCUT2D eigenvalue weighted by molar-refractivity contribution is 0.0962. The lowest BCUT2D eigenvalue weighted by Crippen LogP contribution is -1.92. The summed E-state index contributed by atoms with van der Waals surface area (Å²) in [6.07, 6.45) is 0.473. The fourth-order valence-electron chi connectivity index (χ4n) is 1.53. The Morgan fingerprint density at radius 1 is 1.12 bits per heavy atom. The van der Waals surface area contributed by atoms with Crippen LogP contribution in [0.15, 0.2) is 40.8 Å². The predicted molar refractivity (Wildman–Crippen MR) is 63.5 cm³/mol. The van der Waals surface area contributed by atoms with Gasteiger partial charge >= 0.3 is 0 Å². The summed E-state index contributed by atoms with van der Waals surface area (Å²) in [5.74, 6) is 1.23. The summed E-state index contributed by atoms with van der Waals surface area (Å²) in [7, 11) is 0. The number of Topliss-reactive ketones (excluding diaryl/α,β-unsaturated/α-hetero) is 1. The zero-order valence-electron chi connectivity index (χ0n) is 9.49. The second-order valence-corrected chi connectivity index (χ2v) is 3.81. The minimum Gasteiger partial charge on any atom is -0.453 e. The molecule has 0 amide bonds. The Kier molecular flexibility index (Phi) is 2.91. The molecule has 0 aliphatic carbocycles. The van der Waals surface area contributed by atoms with Crippen molar-refractivity contribution >= 4 is 5.78 Å². The maximum atomic E-state index is 11.4. The van der Waals surface area contributed by atoms with Gasteiger partial charge in [-0.05, 0) is 19.1 Å². The number of hydrogen-bond acceptors (Lipinski definition) is 2. The van der Waals surface area contributed by atoms with Crippen molar-refractivity contribution in [3.63, 3.8) is 0 Å². The number of hydrogen-bond donors (Lipinski definition) is 0. The Balaban J connectivity index is 2.31. The van der Waals surface area contributed by atoms with E-state index in [1.165, 1.54) is 5.56 Å². The number of ketones is 1. The predicted octanol–water partition coefficient (Wildman–Crippen LogP) is 3.85. The maximum absolute atomic E-state index is 11.4. The van der Waals surface area contributed by atoms with E-state index in [4.69, 9.17) is 4.42 Å². The summed E-state index contributed by atoms with van der Waals surface area (Å²) in [6, 6.07) is 11.6. The second-order valence-electron chi connectivity index (χ2n) is 3.81. The number of furan rings is 1. The van der Waals surface area contributed by atoms with Gasteiger partial charge in [0.05, 0.1) is 0 Å². The van der Waals surface area contributed by atoms with Crippen molar-refractivity contribution in [1.82, 2.24) is 0 Å². The summed E-state index contributed by atoms with van der Waals surface area (Å²) in [5.41, 5.74) is 2.21. The number of carbonyl (C=O) groups is 1. The Morgan fingerprint density at radius 3 is 2.44 bits per heavy atom. The van der Waals surface area contributed by atoms with Gasteiger partial charge in [0, 0.05) is 12.0 Å². The van der Waals surface area contributed by atoms with Gasteiger partial charge in [-0.2, -0.15) is 0 Å². The molecule has 0 bridgehead atoms. The highest BCUT2D eigenvalue weighted by Crippen LogP contribution is 2.23. The summed E-state index contributed by atoms with van der Waals surface area (Å²) in [6.45, 7) is 3.87. The van der Waals surface area contributed by atoms with E-state index in [-0.39, 0.29) is 5.78 Å². The lowest BCUT2D eigenvalue weighted by atomic mass is 10.1. The maximum Gasteiger partial charge on any atom is 0.197 e. The average Bonchev–Trinajstić information content (AvgIpc) is 2.78. The van der Waals surface area contributed by atoms with Crippen LogP contribution in [0, 0.1) is 6.92 Å². The van der Waals surface area contributed by atoms with Gasteiger partial charge in [-0.1, -0.05) is 36.8 Å². The first-order valence-corrected chi connectivity index (χ1v) is 5.41. The summed E-state index contributed by atoms with van der Waals surface area (Å²) < 4.78 is 5.51. The molecule has 0 fully saturated rings. The van der Waals surface area contributed by atoms with Crippen molar-refractivity contribution in [3.05, 3.63) is 47.7 Å². The molecule has 0 unspecified atom stereocenters. The molecule has 82 valence electrons. The van der Waals surface area contributed by atoms with Crippen molar-refractivity contribution in [2.45, 2.75) is 20.3 Å². The van der Waals surface area contributed by atoms with Gasteiger partial charge in [-0.15, -0.1) is 0 Å². The van der Waals surface area contributed by atoms with E-state index in [1.807, 2.05) is 44.2 Å². The second kappa shape index (κ2) is 4.35. The fraction of sp³-hybridized carbons (Fsp3) is 0.214. The first-order valence-electron chi connectivity index (χ1n) is 5.41. The van der Waals surface area contributed by atoms with Crippen LogP contribution in [0.5, 0.6) is 0 Å². The molecule has 1 aromatic heterocycles. The van der Waals surface area contributed by atoms with E-state index in [2.05, 4.69) is 0 Å². The largest absolute Gasteiger partial charge is 0.453 e. The van der Waals surface area contributed by atoms with Crippen molar-refractivity contribution in [3.8, 4) is 11.3 Å². The third-order valence-electron chi connectivity index (χ3n) is 2.54. The Morgan fingerprint density at radius 2 is 1.81 bits per heavy atom. The SMILES string of the molecule is CCC(=O)c1ccc(-c2ccc(C)cc2)o1. The molecule has 1 aromatic carbocycles. The molecule has 2 heteroatoms. The van der Waals surface area contributed by atoms with Crippen LogP contribution in [0.2, 0.25) is 0 Å². The smallest absolute Gasteiger partial charge is 0.197 e. The van der Waals surface area contributed by atoms with Crippen molar-refractivity contribution in [1.29, 1.82) is 0 Å². The van der Waals surface area contributed by atoms with Crippen LogP contribution < -0.4 is 0 Å². The first-order chi connectivity index (χ1) is 7.70. The number of benzene rings is 1. The Hall–Kier alpha value is -1.83. The van der Waals surface area contributed by atoms with E-state index >= 15 is 0 Å². The molecule has 0 aliphatic heterocycles. The molecule has 0 saturated heterocycles. The van der Waals surface area contributed by atoms with Crippen LogP contribution in [0.1, 0.15) is 29.5 Å². The van der Waals surface area contributed by atoms with E-state index < -0.39 is 0 Å². The zero-order valence-corrected chi connectivity index (χ0v) is 9.49. The average molecular weight is 214 g/mol. The molecule has 0 radical (unpaired) electrons. The van der Waals surface area contributed by atoms with Crippen LogP contribution in [0.25, 0.3) is 11.3 Å². The van der Waals surface area contributed by atoms with E-state index in [1.54, 1.807) is 6.07 Å². The molecule has 16 heavy (non-hydrogen) atoms. The standard InChI is InChI=1S/C14H14O2/c1-3-12(15)14-9-8-13(16-14)11-6-4-10(2)5-7-11/h4-9H,3H2,1-2H3. The van der Waals surface area contributed by atoms with Crippen molar-refractivity contribution in [2.24, 2.45) is 0 Å². The van der Waals surface area contributed by atoms with Crippen LogP contribution >= 0.6 is 0 Å².